The number of hydrogen-bond donors (Lipinski definition) is 3. The number of rotatable bonds is 7. The molecule has 0 aliphatic carbocycles. The molecule has 7 heteroatoms. The van der Waals surface area contributed by atoms with Gasteiger partial charge in [-0.05, 0) is 48.9 Å². The molecule has 2 aromatic carbocycles. The van der Waals surface area contributed by atoms with Crippen LogP contribution in [-0.2, 0) is 4.79 Å². The highest BCUT2D eigenvalue weighted by atomic mass is 16.5. The smallest absolute Gasteiger partial charge is 0.250 e. The fraction of sp³-hybridized carbons (Fsp3) is 0.105. The second-order valence-corrected chi connectivity index (χ2v) is 5.31. The Labute approximate surface area is 150 Å². The normalized spacial score (nSPS) is 10.5. The average Bonchev–Trinajstić information content (AvgIpc) is 2.61. The first-order valence-corrected chi connectivity index (χ1v) is 7.86. The summed E-state index contributed by atoms with van der Waals surface area (Å²) in [6.07, 6.45) is 2.87. The molecule has 0 aromatic heterocycles. The molecule has 5 N–H and O–H groups in total. The van der Waals surface area contributed by atoms with Gasteiger partial charge in [0, 0.05) is 11.6 Å². The lowest BCUT2D eigenvalue weighted by molar-refractivity contribution is -0.111. The molecule has 26 heavy (non-hydrogen) atoms. The third-order valence-electron chi connectivity index (χ3n) is 3.45. The van der Waals surface area contributed by atoms with E-state index >= 15 is 0 Å². The predicted octanol–water partition coefficient (Wildman–Crippen LogP) is 1.94. The third-order valence-corrected chi connectivity index (χ3v) is 3.45. The zero-order chi connectivity index (χ0) is 19.1. The van der Waals surface area contributed by atoms with E-state index in [1.54, 1.807) is 42.5 Å². The van der Waals surface area contributed by atoms with Crippen molar-refractivity contribution in [2.45, 2.75) is 6.92 Å². The van der Waals surface area contributed by atoms with Crippen molar-refractivity contribution in [1.29, 1.82) is 0 Å². The summed E-state index contributed by atoms with van der Waals surface area (Å²) in [6, 6.07) is 11.1. The van der Waals surface area contributed by atoms with Gasteiger partial charge in [0.15, 0.2) is 0 Å². The molecule has 0 saturated heterocycles. The lowest BCUT2D eigenvalue weighted by atomic mass is 10.1. The fourth-order valence-corrected chi connectivity index (χ4v) is 2.20. The van der Waals surface area contributed by atoms with Crippen LogP contribution in [0.4, 0.5) is 5.69 Å². The summed E-state index contributed by atoms with van der Waals surface area (Å²) in [5.41, 5.74) is 12.1. The Morgan fingerprint density at radius 2 is 1.73 bits per heavy atom. The number of amides is 3. The Morgan fingerprint density at radius 3 is 2.31 bits per heavy atom. The van der Waals surface area contributed by atoms with E-state index in [0.717, 1.165) is 0 Å². The Hall–Kier alpha value is -3.61. The van der Waals surface area contributed by atoms with Crippen molar-refractivity contribution in [3.8, 4) is 5.75 Å². The summed E-state index contributed by atoms with van der Waals surface area (Å²) in [5.74, 6) is -1.14. The SMILES string of the molecule is CCOc1ccc(NC(=O)/C=C\c2ccc(C(N)=O)cc2)c(C(N)=O)c1. The van der Waals surface area contributed by atoms with Crippen LogP contribution in [0.15, 0.2) is 48.5 Å². The zero-order valence-corrected chi connectivity index (χ0v) is 14.2. The standard InChI is InChI=1S/C19H19N3O4/c1-2-26-14-8-9-16(15(11-14)19(21)25)22-17(23)10-5-12-3-6-13(7-4-12)18(20)24/h3-11H,2H2,1H3,(H2,20,24)(H2,21,25)(H,22,23)/b10-5-. The van der Waals surface area contributed by atoms with Gasteiger partial charge in [0.05, 0.1) is 17.9 Å². The molecule has 0 aliphatic heterocycles. The van der Waals surface area contributed by atoms with Crippen LogP contribution in [0.25, 0.3) is 6.08 Å². The van der Waals surface area contributed by atoms with Crippen molar-refractivity contribution in [2.24, 2.45) is 11.5 Å². The zero-order valence-electron chi connectivity index (χ0n) is 14.2. The van der Waals surface area contributed by atoms with Crippen molar-refractivity contribution in [2.75, 3.05) is 11.9 Å². The second-order valence-electron chi connectivity index (χ2n) is 5.31. The van der Waals surface area contributed by atoms with Gasteiger partial charge in [0.1, 0.15) is 5.75 Å². The van der Waals surface area contributed by atoms with Crippen molar-refractivity contribution < 1.29 is 19.1 Å². The highest BCUT2D eigenvalue weighted by molar-refractivity contribution is 6.07. The van der Waals surface area contributed by atoms with Crippen LogP contribution in [0.3, 0.4) is 0 Å². The van der Waals surface area contributed by atoms with Crippen LogP contribution in [0.1, 0.15) is 33.2 Å². The summed E-state index contributed by atoms with van der Waals surface area (Å²) >= 11 is 0. The van der Waals surface area contributed by atoms with Crippen LogP contribution in [0.5, 0.6) is 5.75 Å². The van der Waals surface area contributed by atoms with E-state index in [2.05, 4.69) is 5.32 Å². The molecular weight excluding hydrogens is 334 g/mol. The van der Waals surface area contributed by atoms with Crippen LogP contribution in [0.2, 0.25) is 0 Å². The van der Waals surface area contributed by atoms with Gasteiger partial charge in [-0.15, -0.1) is 0 Å². The summed E-state index contributed by atoms with van der Waals surface area (Å²) in [6.45, 7) is 2.27. The monoisotopic (exact) mass is 353 g/mol. The second kappa shape index (κ2) is 8.48. The van der Waals surface area contributed by atoms with Crippen molar-refractivity contribution in [1.82, 2.24) is 0 Å². The number of carbonyl (C=O) groups is 3. The maximum Gasteiger partial charge on any atom is 0.250 e. The van der Waals surface area contributed by atoms with E-state index < -0.39 is 17.7 Å². The number of ether oxygens (including phenoxy) is 1. The molecule has 0 heterocycles. The molecule has 2 rings (SSSR count). The third kappa shape index (κ3) is 4.94. The molecule has 134 valence electrons. The number of anilines is 1. The molecule has 0 fully saturated rings. The van der Waals surface area contributed by atoms with E-state index in [4.69, 9.17) is 16.2 Å². The molecule has 2 aromatic rings. The van der Waals surface area contributed by atoms with E-state index in [-0.39, 0.29) is 5.56 Å². The van der Waals surface area contributed by atoms with Gasteiger partial charge >= 0.3 is 0 Å². The van der Waals surface area contributed by atoms with Gasteiger partial charge < -0.3 is 21.5 Å². The number of primary amides is 2. The number of hydrogen-bond acceptors (Lipinski definition) is 4. The molecule has 0 radical (unpaired) electrons. The molecule has 0 unspecified atom stereocenters. The van der Waals surface area contributed by atoms with Gasteiger partial charge in [-0.3, -0.25) is 14.4 Å². The van der Waals surface area contributed by atoms with Crippen molar-refractivity contribution in [3.63, 3.8) is 0 Å². The van der Waals surface area contributed by atoms with Gasteiger partial charge in [-0.25, -0.2) is 0 Å². The fourth-order valence-electron chi connectivity index (χ4n) is 2.20. The number of benzene rings is 2. The Bertz CT molecular complexity index is 858. The van der Waals surface area contributed by atoms with Gasteiger partial charge in [-0.2, -0.15) is 0 Å². The molecule has 3 amide bonds. The number of nitrogens with one attached hydrogen (secondary N) is 1. The minimum atomic E-state index is -0.673. The van der Waals surface area contributed by atoms with Crippen LogP contribution >= 0.6 is 0 Å². The molecule has 0 saturated carbocycles. The lowest BCUT2D eigenvalue weighted by Gasteiger charge is -2.10. The Balaban J connectivity index is 2.11. The minimum absolute atomic E-state index is 0.156. The highest BCUT2D eigenvalue weighted by Crippen LogP contribution is 2.22. The average molecular weight is 353 g/mol. The summed E-state index contributed by atoms with van der Waals surface area (Å²) in [5, 5.41) is 2.60. The first kappa shape index (κ1) is 18.7. The number of carbonyl (C=O) groups excluding carboxylic acids is 3. The lowest BCUT2D eigenvalue weighted by Crippen LogP contribution is -2.17. The predicted molar refractivity (Wildman–Crippen MR) is 98.8 cm³/mol. The van der Waals surface area contributed by atoms with Gasteiger partial charge in [-0.1, -0.05) is 12.1 Å². The topological polar surface area (TPSA) is 125 Å². The Kier molecular flexibility index (Phi) is 6.10. The first-order chi connectivity index (χ1) is 12.4. The number of nitrogens with two attached hydrogens (primary N) is 2. The molecule has 0 atom stereocenters. The maximum absolute atomic E-state index is 12.1. The van der Waals surface area contributed by atoms with Crippen LogP contribution < -0.4 is 21.5 Å². The molecule has 0 spiro atoms. The Morgan fingerprint density at radius 1 is 1.04 bits per heavy atom. The van der Waals surface area contributed by atoms with Gasteiger partial charge in [0.25, 0.3) is 5.91 Å². The molecular formula is C19H19N3O4. The maximum atomic E-state index is 12.1. The van der Waals surface area contributed by atoms with E-state index in [1.165, 1.54) is 12.1 Å². The van der Waals surface area contributed by atoms with E-state index in [1.807, 2.05) is 6.92 Å². The largest absolute Gasteiger partial charge is 0.494 e. The highest BCUT2D eigenvalue weighted by Gasteiger charge is 2.11. The van der Waals surface area contributed by atoms with Crippen molar-refractivity contribution in [3.05, 3.63) is 65.2 Å². The molecule has 0 bridgehead atoms. The quantitative estimate of drug-likeness (QED) is 0.658. The molecule has 0 aliphatic rings. The van der Waals surface area contributed by atoms with E-state index in [0.29, 0.717) is 29.2 Å². The molecule has 7 nitrogen and oxygen atoms in total. The summed E-state index contributed by atoms with van der Waals surface area (Å²) in [7, 11) is 0. The van der Waals surface area contributed by atoms with Crippen molar-refractivity contribution >= 4 is 29.5 Å². The van der Waals surface area contributed by atoms with Gasteiger partial charge in [0.2, 0.25) is 11.8 Å². The summed E-state index contributed by atoms with van der Waals surface area (Å²) in [4.78, 5) is 34.7. The van der Waals surface area contributed by atoms with Crippen LogP contribution in [0, 0.1) is 0 Å². The summed E-state index contributed by atoms with van der Waals surface area (Å²) < 4.78 is 5.32. The first-order valence-electron chi connectivity index (χ1n) is 7.86. The van der Waals surface area contributed by atoms with E-state index in [9.17, 15) is 14.4 Å². The minimum Gasteiger partial charge on any atom is -0.494 e. The van der Waals surface area contributed by atoms with Crippen LogP contribution in [-0.4, -0.2) is 24.3 Å².